The third kappa shape index (κ3) is 4.43. The highest BCUT2D eigenvalue weighted by atomic mass is 32.2. The van der Waals surface area contributed by atoms with Crippen LogP contribution in [0.15, 0.2) is 65.6 Å². The zero-order valence-corrected chi connectivity index (χ0v) is 19.1. The lowest BCUT2D eigenvalue weighted by Gasteiger charge is -2.29. The van der Waals surface area contributed by atoms with Crippen LogP contribution in [0.5, 0.6) is 11.5 Å². The van der Waals surface area contributed by atoms with Gasteiger partial charge in [0.2, 0.25) is 10.0 Å². The molecule has 0 aliphatic carbocycles. The molecule has 0 saturated heterocycles. The lowest BCUT2D eigenvalue weighted by Crippen LogP contribution is -2.36. The van der Waals surface area contributed by atoms with Gasteiger partial charge in [-0.15, -0.1) is 0 Å². The highest BCUT2D eigenvalue weighted by Gasteiger charge is 2.30. The van der Waals surface area contributed by atoms with Crippen molar-refractivity contribution in [2.45, 2.75) is 17.9 Å². The molecule has 4 rings (SSSR count). The summed E-state index contributed by atoms with van der Waals surface area (Å²) in [6, 6.07) is 17.5. The van der Waals surface area contributed by atoms with Gasteiger partial charge in [-0.05, 0) is 59.5 Å². The van der Waals surface area contributed by atoms with Crippen molar-refractivity contribution < 1.29 is 27.9 Å². The molecule has 3 aromatic rings. The molecule has 0 spiro atoms. The van der Waals surface area contributed by atoms with E-state index in [1.807, 2.05) is 24.3 Å². The predicted octanol–water partition coefficient (Wildman–Crippen LogP) is 3.24. The quantitative estimate of drug-likeness (QED) is 0.425. The van der Waals surface area contributed by atoms with Crippen molar-refractivity contribution in [1.29, 1.82) is 0 Å². The highest BCUT2D eigenvalue weighted by Crippen LogP contribution is 2.33. The molecule has 0 radical (unpaired) electrons. The van der Waals surface area contributed by atoms with E-state index in [0.717, 1.165) is 22.4 Å². The Balaban J connectivity index is 1.59. The number of hydroxylamine groups is 1. The maximum atomic E-state index is 13.3. The second kappa shape index (κ2) is 9.22. The number of methoxy groups -OCH3 is 2. The fourth-order valence-electron chi connectivity index (χ4n) is 3.94. The number of nitrogens with one attached hydrogen (secondary N) is 1. The van der Waals surface area contributed by atoms with E-state index in [0.29, 0.717) is 17.7 Å². The first-order valence-corrected chi connectivity index (χ1v) is 11.7. The third-order valence-electron chi connectivity index (χ3n) is 5.77. The van der Waals surface area contributed by atoms with Crippen molar-refractivity contribution in [3.05, 3.63) is 77.4 Å². The molecule has 0 atom stereocenters. The third-order valence-corrected chi connectivity index (χ3v) is 7.62. The van der Waals surface area contributed by atoms with Crippen LogP contribution in [0.25, 0.3) is 11.1 Å². The molecule has 33 heavy (non-hydrogen) atoms. The van der Waals surface area contributed by atoms with Crippen LogP contribution in [0.1, 0.15) is 21.5 Å². The molecule has 2 N–H and O–H groups in total. The van der Waals surface area contributed by atoms with E-state index in [-0.39, 0.29) is 23.5 Å². The van der Waals surface area contributed by atoms with Gasteiger partial charge >= 0.3 is 0 Å². The zero-order chi connectivity index (χ0) is 23.6. The molecule has 0 aromatic heterocycles. The Kier molecular flexibility index (Phi) is 6.37. The molecule has 1 aliphatic heterocycles. The number of carbonyl (C=O) groups excluding carboxylic acids is 1. The fraction of sp³-hybridized carbons (Fsp3) is 0.208. The summed E-state index contributed by atoms with van der Waals surface area (Å²) in [5.41, 5.74) is 5.23. The first-order valence-electron chi connectivity index (χ1n) is 10.3. The largest absolute Gasteiger partial charge is 0.497 e. The van der Waals surface area contributed by atoms with Crippen LogP contribution in [-0.4, -0.2) is 44.6 Å². The van der Waals surface area contributed by atoms with E-state index in [1.165, 1.54) is 17.5 Å². The van der Waals surface area contributed by atoms with Gasteiger partial charge in [-0.2, -0.15) is 4.31 Å². The minimum absolute atomic E-state index is 0.127. The number of hydrogen-bond donors (Lipinski definition) is 2. The number of fused-ring (bicyclic) bond motifs is 1. The topological polar surface area (TPSA) is 105 Å². The van der Waals surface area contributed by atoms with Crippen molar-refractivity contribution in [1.82, 2.24) is 9.79 Å². The molecule has 0 fully saturated rings. The number of sulfonamides is 1. The molecule has 0 saturated carbocycles. The Hall–Kier alpha value is -3.40. The first-order chi connectivity index (χ1) is 15.9. The summed E-state index contributed by atoms with van der Waals surface area (Å²) in [4.78, 5) is 12.0. The fourth-order valence-corrected chi connectivity index (χ4v) is 5.35. The van der Waals surface area contributed by atoms with Crippen molar-refractivity contribution in [2.75, 3.05) is 20.8 Å². The molecule has 1 amide bonds. The average Bonchev–Trinajstić information content (AvgIpc) is 2.87. The number of nitrogens with zero attached hydrogens (tertiary/aromatic N) is 1. The van der Waals surface area contributed by atoms with Gasteiger partial charge in [-0.1, -0.05) is 24.3 Å². The van der Waals surface area contributed by atoms with E-state index in [2.05, 4.69) is 0 Å². The average molecular weight is 469 g/mol. The second-order valence-corrected chi connectivity index (χ2v) is 9.54. The molecule has 9 heteroatoms. The predicted molar refractivity (Wildman–Crippen MR) is 122 cm³/mol. The van der Waals surface area contributed by atoms with Crippen molar-refractivity contribution in [3.8, 4) is 22.6 Å². The van der Waals surface area contributed by atoms with Gasteiger partial charge in [0.05, 0.1) is 19.1 Å². The number of rotatable bonds is 6. The Morgan fingerprint density at radius 1 is 0.970 bits per heavy atom. The maximum Gasteiger partial charge on any atom is 0.274 e. The van der Waals surface area contributed by atoms with Gasteiger partial charge in [0.25, 0.3) is 5.91 Å². The Bertz CT molecular complexity index is 1250. The second-order valence-electron chi connectivity index (χ2n) is 7.60. The first kappa shape index (κ1) is 22.8. The van der Waals surface area contributed by atoms with Crippen LogP contribution in [0, 0.1) is 0 Å². The summed E-state index contributed by atoms with van der Waals surface area (Å²) in [6.07, 6.45) is 0.418. The van der Waals surface area contributed by atoms with Gasteiger partial charge in [0, 0.05) is 24.2 Å². The van der Waals surface area contributed by atoms with Crippen LogP contribution in [-0.2, 0) is 23.0 Å². The maximum absolute atomic E-state index is 13.3. The smallest absolute Gasteiger partial charge is 0.274 e. The molecular weight excluding hydrogens is 444 g/mol. The number of amides is 1. The van der Waals surface area contributed by atoms with Gasteiger partial charge in [0.1, 0.15) is 11.5 Å². The molecule has 0 unspecified atom stereocenters. The minimum Gasteiger partial charge on any atom is -0.497 e. The Morgan fingerprint density at radius 2 is 1.61 bits per heavy atom. The van der Waals surface area contributed by atoms with E-state index >= 15 is 0 Å². The Morgan fingerprint density at radius 3 is 2.18 bits per heavy atom. The van der Waals surface area contributed by atoms with Gasteiger partial charge in [-0.25, -0.2) is 13.9 Å². The van der Waals surface area contributed by atoms with E-state index in [9.17, 15) is 13.2 Å². The van der Waals surface area contributed by atoms with E-state index in [1.54, 1.807) is 42.9 Å². The van der Waals surface area contributed by atoms with Crippen molar-refractivity contribution >= 4 is 15.9 Å². The summed E-state index contributed by atoms with van der Waals surface area (Å²) < 4.78 is 38.6. The van der Waals surface area contributed by atoms with Crippen molar-refractivity contribution in [3.63, 3.8) is 0 Å². The van der Waals surface area contributed by atoms with Gasteiger partial charge in [-0.3, -0.25) is 10.0 Å². The molecule has 1 heterocycles. The molecule has 1 aliphatic rings. The normalized spacial score (nSPS) is 13.8. The van der Waals surface area contributed by atoms with Crippen LogP contribution >= 0.6 is 0 Å². The molecular formula is C24H24N2O6S. The zero-order valence-electron chi connectivity index (χ0n) is 18.2. The van der Waals surface area contributed by atoms with Crippen LogP contribution < -0.4 is 15.0 Å². The monoisotopic (exact) mass is 468 g/mol. The van der Waals surface area contributed by atoms with Gasteiger partial charge in [0.15, 0.2) is 0 Å². The van der Waals surface area contributed by atoms with Crippen LogP contribution in [0.3, 0.4) is 0 Å². The SMILES string of the molecule is COc1ccc(-c2ccc(S(=O)(=O)N3CCc4cc(C(=O)NO)cc(OC)c4C3)cc2)cc1. The number of carbonyl (C=O) groups is 1. The lowest BCUT2D eigenvalue weighted by molar-refractivity contribution is 0.0705. The van der Waals surface area contributed by atoms with E-state index in [4.69, 9.17) is 14.7 Å². The molecule has 8 nitrogen and oxygen atoms in total. The summed E-state index contributed by atoms with van der Waals surface area (Å²) in [7, 11) is -0.667. The van der Waals surface area contributed by atoms with Crippen molar-refractivity contribution in [2.24, 2.45) is 0 Å². The highest BCUT2D eigenvalue weighted by molar-refractivity contribution is 7.89. The minimum atomic E-state index is -3.73. The Labute approximate surface area is 192 Å². The lowest BCUT2D eigenvalue weighted by atomic mass is 9.97. The molecule has 3 aromatic carbocycles. The van der Waals surface area contributed by atoms with Gasteiger partial charge < -0.3 is 9.47 Å². The summed E-state index contributed by atoms with van der Waals surface area (Å²) in [5.74, 6) is 0.506. The molecule has 0 bridgehead atoms. The van der Waals surface area contributed by atoms with Crippen LogP contribution in [0.2, 0.25) is 0 Å². The number of hydrogen-bond acceptors (Lipinski definition) is 6. The molecule has 172 valence electrons. The summed E-state index contributed by atoms with van der Waals surface area (Å²) >= 11 is 0. The number of ether oxygens (including phenoxy) is 2. The van der Waals surface area contributed by atoms with Crippen LogP contribution in [0.4, 0.5) is 0 Å². The standard InChI is InChI=1S/C24H24N2O6S/c1-31-20-7-3-16(4-8-20)17-5-9-21(10-6-17)33(29,30)26-12-11-18-13-19(24(27)25-28)14-23(32-2)22(18)15-26/h3-10,13-14,28H,11-12,15H2,1-2H3,(H,25,27). The number of benzene rings is 3. The summed E-state index contributed by atoms with van der Waals surface area (Å²) in [5, 5.41) is 8.91. The van der Waals surface area contributed by atoms with E-state index < -0.39 is 15.9 Å². The summed E-state index contributed by atoms with van der Waals surface area (Å²) in [6.45, 7) is 0.394.